The fourth-order valence-corrected chi connectivity index (χ4v) is 0.671. The number of allylic oxidation sites excluding steroid dienone is 3. The Morgan fingerprint density at radius 1 is 1.40 bits per heavy atom. The Kier molecular flexibility index (Phi) is 5.98. The highest BCUT2D eigenvalue weighted by Gasteiger charge is 2.03. The molecule has 0 aromatic rings. The molecular formula is C10H9NO4. The number of nitrogens with zero attached hydrogens (tertiary/aromatic N) is 1. The number of carboxylic acids is 1. The number of carboxylic acid groups (broad SMARTS) is 1. The average Bonchev–Trinajstić information content (AvgIpc) is 2.21. The summed E-state index contributed by atoms with van der Waals surface area (Å²) >= 11 is 0. The van der Waals surface area contributed by atoms with Gasteiger partial charge >= 0.3 is 11.9 Å². The van der Waals surface area contributed by atoms with Crippen LogP contribution < -0.4 is 0 Å². The number of carbonyl (C=O) groups excluding carboxylic acids is 1. The number of esters is 1. The molecule has 0 aliphatic rings. The summed E-state index contributed by atoms with van der Waals surface area (Å²) in [6.45, 7) is 0. The Labute approximate surface area is 86.6 Å². The van der Waals surface area contributed by atoms with E-state index in [9.17, 15) is 9.59 Å². The molecule has 0 saturated heterocycles. The van der Waals surface area contributed by atoms with Crippen molar-refractivity contribution in [1.82, 2.24) is 0 Å². The lowest BCUT2D eigenvalue weighted by Gasteiger charge is -1.96. The molecule has 0 aliphatic carbocycles. The minimum absolute atomic E-state index is 0.0940. The van der Waals surface area contributed by atoms with Crippen molar-refractivity contribution in [3.8, 4) is 6.07 Å². The maximum Gasteiger partial charge on any atom is 0.337 e. The molecule has 0 radical (unpaired) electrons. The van der Waals surface area contributed by atoms with E-state index in [4.69, 9.17) is 10.4 Å². The topological polar surface area (TPSA) is 87.4 Å². The molecule has 0 amide bonds. The molecule has 0 heterocycles. The Balaban J connectivity index is 4.79. The van der Waals surface area contributed by atoms with E-state index in [-0.39, 0.29) is 5.57 Å². The first-order valence-electron chi connectivity index (χ1n) is 3.87. The quantitative estimate of drug-likeness (QED) is 0.319. The molecule has 5 heteroatoms. The van der Waals surface area contributed by atoms with Gasteiger partial charge in [0.25, 0.3) is 0 Å². The van der Waals surface area contributed by atoms with Gasteiger partial charge in [0.15, 0.2) is 0 Å². The highest BCUT2D eigenvalue weighted by molar-refractivity contribution is 5.92. The summed E-state index contributed by atoms with van der Waals surface area (Å²) < 4.78 is 4.42. The first-order valence-corrected chi connectivity index (χ1v) is 3.87. The van der Waals surface area contributed by atoms with Crippen molar-refractivity contribution in [3.05, 3.63) is 36.0 Å². The molecule has 0 rings (SSSR count). The number of ether oxygens (including phenoxy) is 1. The van der Waals surface area contributed by atoms with E-state index in [2.05, 4.69) is 4.74 Å². The largest absolute Gasteiger partial charge is 0.478 e. The second-order valence-corrected chi connectivity index (χ2v) is 2.27. The molecule has 0 aromatic heterocycles. The summed E-state index contributed by atoms with van der Waals surface area (Å²) in [7, 11) is 1.19. The number of methoxy groups -OCH3 is 1. The van der Waals surface area contributed by atoms with Gasteiger partial charge in [-0.25, -0.2) is 9.59 Å². The van der Waals surface area contributed by atoms with Crippen molar-refractivity contribution in [2.75, 3.05) is 7.11 Å². The van der Waals surface area contributed by atoms with Crippen molar-refractivity contribution < 1.29 is 19.4 Å². The number of nitriles is 1. The third kappa shape index (κ3) is 5.82. The summed E-state index contributed by atoms with van der Waals surface area (Å²) in [6, 6.07) is 1.71. The molecule has 15 heavy (non-hydrogen) atoms. The smallest absolute Gasteiger partial charge is 0.337 e. The van der Waals surface area contributed by atoms with Crippen LogP contribution in [0, 0.1) is 11.3 Å². The van der Waals surface area contributed by atoms with E-state index >= 15 is 0 Å². The van der Waals surface area contributed by atoms with Gasteiger partial charge in [0.2, 0.25) is 0 Å². The third-order valence-electron chi connectivity index (χ3n) is 1.27. The van der Waals surface area contributed by atoms with Crippen LogP contribution in [0.25, 0.3) is 0 Å². The summed E-state index contributed by atoms with van der Waals surface area (Å²) in [5, 5.41) is 16.6. The molecule has 0 aliphatic heterocycles. The molecule has 0 spiro atoms. The molecule has 5 nitrogen and oxygen atoms in total. The predicted octanol–water partition coefficient (Wildman–Crippen LogP) is 0.806. The number of carbonyl (C=O) groups is 2. The van der Waals surface area contributed by atoms with Crippen LogP contribution in [0.4, 0.5) is 0 Å². The predicted molar refractivity (Wildman–Crippen MR) is 51.6 cm³/mol. The van der Waals surface area contributed by atoms with E-state index in [1.807, 2.05) is 0 Å². The van der Waals surface area contributed by atoms with Gasteiger partial charge in [-0.2, -0.15) is 5.26 Å². The lowest BCUT2D eigenvalue weighted by Crippen LogP contribution is -2.02. The lowest BCUT2D eigenvalue weighted by atomic mass is 10.2. The van der Waals surface area contributed by atoms with Crippen LogP contribution in [0.15, 0.2) is 36.0 Å². The summed E-state index contributed by atoms with van der Waals surface area (Å²) in [4.78, 5) is 21.2. The van der Waals surface area contributed by atoms with Crippen molar-refractivity contribution in [1.29, 1.82) is 5.26 Å². The van der Waals surface area contributed by atoms with Crippen molar-refractivity contribution >= 4 is 11.9 Å². The van der Waals surface area contributed by atoms with Crippen LogP contribution in [0.1, 0.15) is 0 Å². The molecule has 0 unspecified atom stereocenters. The van der Waals surface area contributed by atoms with E-state index in [1.165, 1.54) is 25.3 Å². The Morgan fingerprint density at radius 3 is 2.53 bits per heavy atom. The van der Waals surface area contributed by atoms with Crippen molar-refractivity contribution in [2.45, 2.75) is 0 Å². The number of hydrogen-bond donors (Lipinski definition) is 1. The fraction of sp³-hybridized carbons (Fsp3) is 0.100. The maximum atomic E-state index is 11.1. The first-order chi connectivity index (χ1) is 7.11. The van der Waals surface area contributed by atoms with Crippen LogP contribution in [0.2, 0.25) is 0 Å². The van der Waals surface area contributed by atoms with Gasteiger partial charge in [-0.05, 0) is 12.2 Å². The highest BCUT2D eigenvalue weighted by atomic mass is 16.5. The SMILES string of the molecule is COC(=O)C(C=CC#N)=CC=CC(=O)O. The second-order valence-electron chi connectivity index (χ2n) is 2.27. The zero-order valence-electron chi connectivity index (χ0n) is 8.01. The lowest BCUT2D eigenvalue weighted by molar-refractivity contribution is -0.135. The molecule has 0 saturated carbocycles. The Morgan fingerprint density at radius 2 is 2.07 bits per heavy atom. The van der Waals surface area contributed by atoms with Crippen LogP contribution in [0.3, 0.4) is 0 Å². The highest BCUT2D eigenvalue weighted by Crippen LogP contribution is 2.00. The number of aliphatic carboxylic acids is 1. The van der Waals surface area contributed by atoms with Gasteiger partial charge in [-0.3, -0.25) is 0 Å². The molecular weight excluding hydrogens is 198 g/mol. The molecule has 0 fully saturated rings. The zero-order valence-corrected chi connectivity index (χ0v) is 8.01. The molecule has 0 atom stereocenters. The van der Waals surface area contributed by atoms with Gasteiger partial charge in [-0.15, -0.1) is 0 Å². The zero-order chi connectivity index (χ0) is 11.7. The molecule has 1 N–H and O–H groups in total. The van der Waals surface area contributed by atoms with E-state index in [1.54, 1.807) is 6.07 Å². The molecule has 0 bridgehead atoms. The minimum atomic E-state index is -1.13. The molecule has 78 valence electrons. The summed E-state index contributed by atoms with van der Waals surface area (Å²) in [6.07, 6.45) is 5.61. The van der Waals surface area contributed by atoms with E-state index < -0.39 is 11.9 Å². The van der Waals surface area contributed by atoms with E-state index in [0.29, 0.717) is 0 Å². The van der Waals surface area contributed by atoms with Crippen molar-refractivity contribution in [2.24, 2.45) is 0 Å². The summed E-state index contributed by atoms with van der Waals surface area (Å²) in [5.74, 6) is -1.77. The standard InChI is InChI=1S/C10H9NO4/c1-15-10(14)8(5-3-7-11)4-2-6-9(12)13/h2-6H,1H3,(H,12,13). The Bertz CT molecular complexity index is 371. The van der Waals surface area contributed by atoms with E-state index in [0.717, 1.165) is 12.2 Å². The van der Waals surface area contributed by atoms with Gasteiger partial charge in [0, 0.05) is 12.2 Å². The number of hydrogen-bond acceptors (Lipinski definition) is 4. The monoisotopic (exact) mass is 207 g/mol. The molecule has 0 aromatic carbocycles. The van der Waals surface area contributed by atoms with Crippen LogP contribution in [-0.2, 0) is 14.3 Å². The summed E-state index contributed by atoms with van der Waals surface area (Å²) in [5.41, 5.74) is 0.0940. The normalized spacial score (nSPS) is 11.6. The van der Waals surface area contributed by atoms with Gasteiger partial charge in [-0.1, -0.05) is 6.08 Å². The van der Waals surface area contributed by atoms with Gasteiger partial charge in [0.1, 0.15) is 0 Å². The maximum absolute atomic E-state index is 11.1. The Hall–Kier alpha value is -2.35. The minimum Gasteiger partial charge on any atom is -0.478 e. The van der Waals surface area contributed by atoms with Crippen LogP contribution >= 0.6 is 0 Å². The number of rotatable bonds is 4. The first kappa shape index (κ1) is 12.7. The van der Waals surface area contributed by atoms with Crippen LogP contribution in [0.5, 0.6) is 0 Å². The van der Waals surface area contributed by atoms with Gasteiger partial charge < -0.3 is 9.84 Å². The van der Waals surface area contributed by atoms with Crippen molar-refractivity contribution in [3.63, 3.8) is 0 Å². The second kappa shape index (κ2) is 7.09. The average molecular weight is 207 g/mol. The van der Waals surface area contributed by atoms with Crippen LogP contribution in [-0.4, -0.2) is 24.2 Å². The third-order valence-corrected chi connectivity index (χ3v) is 1.27. The fourth-order valence-electron chi connectivity index (χ4n) is 0.671. The van der Waals surface area contributed by atoms with Gasteiger partial charge in [0.05, 0.1) is 18.8 Å².